The second kappa shape index (κ2) is 9.27. The Morgan fingerprint density at radius 2 is 1.67 bits per heavy atom. The Bertz CT molecular complexity index is 997. The third kappa shape index (κ3) is 4.90. The second-order valence-electron chi connectivity index (χ2n) is 8.73. The molecule has 0 aliphatic rings. The molecule has 1 aromatic heterocycles. The van der Waals surface area contributed by atoms with E-state index in [0.29, 0.717) is 12.1 Å². The smallest absolute Gasteiger partial charge is 0.260 e. The van der Waals surface area contributed by atoms with Crippen LogP contribution in [0.4, 0.5) is 5.13 Å². The fraction of sp³-hybridized carbons (Fsp3) is 0.440. The first kappa shape index (κ1) is 22.4. The summed E-state index contributed by atoms with van der Waals surface area (Å²) in [5, 5.41) is 0.774. The van der Waals surface area contributed by atoms with Gasteiger partial charge in [0, 0.05) is 18.7 Å². The van der Waals surface area contributed by atoms with Crippen molar-refractivity contribution in [1.29, 1.82) is 0 Å². The number of aryl methyl sites for hydroxylation is 1. The lowest BCUT2D eigenvalue weighted by molar-refractivity contribution is 0.0983. The number of carbonyl (C=O) groups excluding carboxylic acids is 1. The molecule has 0 spiro atoms. The Labute approximate surface area is 184 Å². The highest BCUT2D eigenvalue weighted by Gasteiger charge is 2.23. The van der Waals surface area contributed by atoms with Crippen molar-refractivity contribution in [1.82, 2.24) is 9.88 Å². The number of anilines is 1. The van der Waals surface area contributed by atoms with Gasteiger partial charge in [-0.15, -0.1) is 0 Å². The molecule has 0 saturated heterocycles. The molecule has 0 aliphatic heterocycles. The van der Waals surface area contributed by atoms with E-state index in [2.05, 4.69) is 70.7 Å². The summed E-state index contributed by atoms with van der Waals surface area (Å²) in [6, 6.07) is 14.2. The highest BCUT2D eigenvalue weighted by atomic mass is 32.1. The zero-order valence-electron chi connectivity index (χ0n) is 19.0. The molecule has 0 fully saturated rings. The summed E-state index contributed by atoms with van der Waals surface area (Å²) in [4.78, 5) is 22.6. The monoisotopic (exact) mass is 423 g/mol. The van der Waals surface area contributed by atoms with Gasteiger partial charge in [0.05, 0.1) is 10.2 Å². The summed E-state index contributed by atoms with van der Waals surface area (Å²) < 4.78 is 1.12. The third-order valence-corrected chi connectivity index (χ3v) is 6.66. The SMILES string of the molecule is CCN(CC)CCN(C(=O)c1ccc(C(C)(C)C)cc1)c1nc2c(C)cccc2s1. The van der Waals surface area contributed by atoms with Crippen molar-refractivity contribution in [2.24, 2.45) is 0 Å². The summed E-state index contributed by atoms with van der Waals surface area (Å²) in [7, 11) is 0. The van der Waals surface area contributed by atoms with Crippen LogP contribution in [0.15, 0.2) is 42.5 Å². The van der Waals surface area contributed by atoms with Gasteiger partial charge in [-0.25, -0.2) is 4.98 Å². The predicted molar refractivity (Wildman–Crippen MR) is 129 cm³/mol. The van der Waals surface area contributed by atoms with Crippen LogP contribution in [0.5, 0.6) is 0 Å². The second-order valence-corrected chi connectivity index (χ2v) is 9.74. The molecule has 30 heavy (non-hydrogen) atoms. The van der Waals surface area contributed by atoms with Crippen LogP contribution >= 0.6 is 11.3 Å². The van der Waals surface area contributed by atoms with E-state index in [1.54, 1.807) is 11.3 Å². The largest absolute Gasteiger partial charge is 0.302 e. The molecule has 0 bridgehead atoms. The van der Waals surface area contributed by atoms with Gasteiger partial charge in [-0.1, -0.05) is 70.2 Å². The minimum absolute atomic E-state index is 0.0133. The summed E-state index contributed by atoms with van der Waals surface area (Å²) in [6.07, 6.45) is 0. The predicted octanol–water partition coefficient (Wildman–Crippen LogP) is 5.89. The van der Waals surface area contributed by atoms with Crippen molar-refractivity contribution >= 4 is 32.6 Å². The van der Waals surface area contributed by atoms with Crippen molar-refractivity contribution in [2.45, 2.75) is 47.0 Å². The molecule has 3 rings (SSSR count). The lowest BCUT2D eigenvalue weighted by atomic mass is 9.86. The van der Waals surface area contributed by atoms with Gasteiger partial charge in [0.25, 0.3) is 5.91 Å². The molecule has 4 nitrogen and oxygen atoms in total. The number of benzene rings is 2. The van der Waals surface area contributed by atoms with Gasteiger partial charge >= 0.3 is 0 Å². The first-order chi connectivity index (χ1) is 14.2. The average molecular weight is 424 g/mol. The Morgan fingerprint density at radius 3 is 2.23 bits per heavy atom. The molecule has 1 amide bonds. The maximum Gasteiger partial charge on any atom is 0.260 e. The number of aromatic nitrogens is 1. The number of nitrogens with zero attached hydrogens (tertiary/aromatic N) is 3. The lowest BCUT2D eigenvalue weighted by Gasteiger charge is -2.25. The fourth-order valence-electron chi connectivity index (χ4n) is 3.52. The number of amides is 1. The Kier molecular flexibility index (Phi) is 6.94. The number of hydrogen-bond acceptors (Lipinski definition) is 4. The van der Waals surface area contributed by atoms with Crippen LogP contribution in [0, 0.1) is 6.92 Å². The fourth-order valence-corrected chi connectivity index (χ4v) is 4.59. The van der Waals surface area contributed by atoms with Crippen molar-refractivity contribution in [2.75, 3.05) is 31.1 Å². The van der Waals surface area contributed by atoms with E-state index in [-0.39, 0.29) is 11.3 Å². The molecule has 0 aliphatic carbocycles. The Balaban J connectivity index is 1.95. The van der Waals surface area contributed by atoms with Gasteiger partial charge in [-0.05, 0) is 54.8 Å². The lowest BCUT2D eigenvalue weighted by Crippen LogP contribution is -2.38. The number of likely N-dealkylation sites (N-methyl/N-ethyl adjacent to an activating group) is 1. The van der Waals surface area contributed by atoms with Crippen LogP contribution in [0.25, 0.3) is 10.2 Å². The zero-order chi connectivity index (χ0) is 21.9. The summed E-state index contributed by atoms with van der Waals surface area (Å²) >= 11 is 1.59. The molecular weight excluding hydrogens is 390 g/mol. The third-order valence-electron chi connectivity index (χ3n) is 5.62. The molecular formula is C25H33N3OS. The summed E-state index contributed by atoms with van der Waals surface area (Å²) in [5.41, 5.74) is 4.12. The van der Waals surface area contributed by atoms with Crippen LogP contribution < -0.4 is 4.90 Å². The van der Waals surface area contributed by atoms with Gasteiger partial charge < -0.3 is 4.90 Å². The van der Waals surface area contributed by atoms with E-state index in [1.165, 1.54) is 5.56 Å². The normalized spacial score (nSPS) is 12.0. The highest BCUT2D eigenvalue weighted by Crippen LogP contribution is 2.31. The molecule has 0 unspecified atom stereocenters. The van der Waals surface area contributed by atoms with Crippen molar-refractivity contribution in [3.05, 3.63) is 59.2 Å². The van der Waals surface area contributed by atoms with Gasteiger partial charge in [0.1, 0.15) is 0 Å². The van der Waals surface area contributed by atoms with Crippen LogP contribution in [0.3, 0.4) is 0 Å². The molecule has 5 heteroatoms. The number of hydrogen-bond donors (Lipinski definition) is 0. The first-order valence-electron chi connectivity index (χ1n) is 10.8. The minimum Gasteiger partial charge on any atom is -0.302 e. The molecule has 0 saturated carbocycles. The molecule has 0 N–H and O–H groups in total. The number of para-hydroxylation sites is 1. The maximum absolute atomic E-state index is 13.5. The molecule has 2 aromatic carbocycles. The standard InChI is InChI=1S/C25H33N3OS/c1-7-27(8-2)16-17-28(24-26-22-18(3)10-9-11-21(22)30-24)23(29)19-12-14-20(15-13-19)25(4,5)6/h9-15H,7-8,16-17H2,1-6H3. The van der Waals surface area contributed by atoms with E-state index in [0.717, 1.165) is 40.5 Å². The van der Waals surface area contributed by atoms with Crippen LogP contribution in [0.1, 0.15) is 56.1 Å². The van der Waals surface area contributed by atoms with Gasteiger partial charge in [0.15, 0.2) is 5.13 Å². The molecule has 3 aromatic rings. The van der Waals surface area contributed by atoms with Crippen LogP contribution in [-0.2, 0) is 5.41 Å². The van der Waals surface area contributed by atoms with E-state index < -0.39 is 0 Å². The number of fused-ring (bicyclic) bond motifs is 1. The van der Waals surface area contributed by atoms with Gasteiger partial charge in [0.2, 0.25) is 0 Å². The molecule has 1 heterocycles. The van der Waals surface area contributed by atoms with E-state index in [1.807, 2.05) is 23.1 Å². The van der Waals surface area contributed by atoms with Gasteiger partial charge in [-0.3, -0.25) is 9.69 Å². The van der Waals surface area contributed by atoms with Crippen molar-refractivity contribution in [3.63, 3.8) is 0 Å². The van der Waals surface area contributed by atoms with E-state index >= 15 is 0 Å². The number of carbonyl (C=O) groups is 1. The Hall–Kier alpha value is -2.24. The van der Waals surface area contributed by atoms with Crippen LogP contribution in [-0.4, -0.2) is 42.0 Å². The maximum atomic E-state index is 13.5. The average Bonchev–Trinajstić information content (AvgIpc) is 3.16. The molecule has 0 atom stereocenters. The van der Waals surface area contributed by atoms with E-state index in [9.17, 15) is 4.79 Å². The van der Waals surface area contributed by atoms with Crippen LogP contribution in [0.2, 0.25) is 0 Å². The number of rotatable bonds is 7. The quantitative estimate of drug-likeness (QED) is 0.475. The molecule has 160 valence electrons. The highest BCUT2D eigenvalue weighted by molar-refractivity contribution is 7.22. The summed E-state index contributed by atoms with van der Waals surface area (Å²) in [5.74, 6) is 0.0133. The summed E-state index contributed by atoms with van der Waals surface area (Å²) in [6.45, 7) is 16.3. The first-order valence-corrected chi connectivity index (χ1v) is 11.6. The van der Waals surface area contributed by atoms with Crippen molar-refractivity contribution < 1.29 is 4.79 Å². The van der Waals surface area contributed by atoms with Crippen molar-refractivity contribution in [3.8, 4) is 0 Å². The zero-order valence-corrected chi connectivity index (χ0v) is 19.8. The number of thiazole rings is 1. The van der Waals surface area contributed by atoms with E-state index in [4.69, 9.17) is 4.98 Å². The topological polar surface area (TPSA) is 36.4 Å². The Morgan fingerprint density at radius 1 is 1.00 bits per heavy atom. The molecule has 0 radical (unpaired) electrons. The van der Waals surface area contributed by atoms with Gasteiger partial charge in [-0.2, -0.15) is 0 Å². The minimum atomic E-state index is 0.0133.